The Morgan fingerprint density at radius 3 is 2.19 bits per heavy atom. The van der Waals surface area contributed by atoms with Gasteiger partial charge >= 0.3 is 0 Å². The lowest BCUT2D eigenvalue weighted by atomic mass is 9.89. The van der Waals surface area contributed by atoms with Gasteiger partial charge in [-0.3, -0.25) is 0 Å². The van der Waals surface area contributed by atoms with Gasteiger partial charge in [0, 0.05) is 17.0 Å². The normalized spacial score (nSPS) is 18.1. The molecule has 0 aromatic heterocycles. The first-order valence-corrected chi connectivity index (χ1v) is 13.1. The van der Waals surface area contributed by atoms with Crippen molar-refractivity contribution in [2.45, 2.75) is 70.8 Å². The van der Waals surface area contributed by atoms with E-state index in [0.717, 1.165) is 44.1 Å². The van der Waals surface area contributed by atoms with E-state index in [9.17, 15) is 8.78 Å². The van der Waals surface area contributed by atoms with Gasteiger partial charge in [-0.1, -0.05) is 86.9 Å². The molecule has 36 heavy (non-hydrogen) atoms. The molecule has 3 aromatic rings. The van der Waals surface area contributed by atoms with Crippen LogP contribution in [0.4, 0.5) is 13.2 Å². The van der Waals surface area contributed by atoms with E-state index in [-0.39, 0.29) is 23.4 Å². The first-order valence-electron chi connectivity index (χ1n) is 13.1. The second-order valence-corrected chi connectivity index (χ2v) is 9.70. The molecule has 0 bridgehead atoms. The minimum absolute atomic E-state index is 0.147. The molecule has 0 aliphatic carbocycles. The maximum Gasteiger partial charge on any atom is 0.166 e. The Labute approximate surface area is 213 Å². The first kappa shape index (κ1) is 26.2. The summed E-state index contributed by atoms with van der Waals surface area (Å²) in [6.45, 7) is 4.69. The van der Waals surface area contributed by atoms with Gasteiger partial charge in [-0.25, -0.2) is 13.2 Å². The second-order valence-electron chi connectivity index (χ2n) is 9.70. The third-order valence-electron chi connectivity index (χ3n) is 7.15. The molecule has 2 unspecified atom stereocenters. The molecule has 4 heteroatoms. The molecule has 0 saturated carbocycles. The summed E-state index contributed by atoms with van der Waals surface area (Å²) in [5.74, 6) is -1.69. The summed E-state index contributed by atoms with van der Waals surface area (Å²) < 4.78 is 50.5. The fourth-order valence-corrected chi connectivity index (χ4v) is 5.00. The number of rotatable bonds is 9. The zero-order chi connectivity index (χ0) is 25.5. The highest BCUT2D eigenvalue weighted by atomic mass is 19.2. The lowest BCUT2D eigenvalue weighted by Crippen LogP contribution is -2.23. The van der Waals surface area contributed by atoms with E-state index < -0.39 is 11.6 Å². The van der Waals surface area contributed by atoms with Gasteiger partial charge in [-0.15, -0.1) is 0 Å². The Morgan fingerprint density at radius 1 is 0.833 bits per heavy atom. The van der Waals surface area contributed by atoms with Crippen molar-refractivity contribution in [2.24, 2.45) is 0 Å². The molecule has 1 aliphatic heterocycles. The fraction of sp³-hybridized carbons (Fsp3) is 0.375. The predicted molar refractivity (Wildman–Crippen MR) is 142 cm³/mol. The average Bonchev–Trinajstić information content (AvgIpc) is 2.90. The Morgan fingerprint density at radius 2 is 1.56 bits per heavy atom. The highest BCUT2D eigenvalue weighted by Gasteiger charge is 2.22. The van der Waals surface area contributed by atoms with Crippen molar-refractivity contribution < 1.29 is 17.9 Å². The molecular formula is C32H35F3O. The van der Waals surface area contributed by atoms with Crippen LogP contribution in [0.25, 0.3) is 22.3 Å². The molecule has 4 rings (SSSR count). The van der Waals surface area contributed by atoms with Gasteiger partial charge in [0.15, 0.2) is 11.6 Å². The molecule has 2 atom stereocenters. The monoisotopic (exact) mass is 492 g/mol. The number of halogens is 3. The Bertz CT molecular complexity index is 1170. The van der Waals surface area contributed by atoms with Crippen molar-refractivity contribution in [2.75, 3.05) is 6.61 Å². The summed E-state index contributed by atoms with van der Waals surface area (Å²) in [7, 11) is 0. The van der Waals surface area contributed by atoms with Crippen molar-refractivity contribution >= 4 is 0 Å². The molecule has 1 fully saturated rings. The molecule has 1 heterocycles. The molecule has 0 amide bonds. The van der Waals surface area contributed by atoms with E-state index in [4.69, 9.17) is 4.74 Å². The van der Waals surface area contributed by atoms with Crippen LogP contribution in [0.5, 0.6) is 0 Å². The summed E-state index contributed by atoms with van der Waals surface area (Å²) in [6.07, 6.45) is 10.7. The highest BCUT2D eigenvalue weighted by Crippen LogP contribution is 2.33. The zero-order valence-electron chi connectivity index (χ0n) is 21.2. The second kappa shape index (κ2) is 12.4. The molecule has 1 saturated heterocycles. The number of aryl methyl sites for hydroxylation is 1. The molecule has 1 nitrogen and oxygen atoms in total. The number of benzene rings is 3. The Kier molecular flexibility index (Phi) is 9.03. The van der Waals surface area contributed by atoms with Crippen LogP contribution in [0, 0.1) is 17.5 Å². The highest BCUT2D eigenvalue weighted by molar-refractivity contribution is 5.71. The minimum atomic E-state index is -0.822. The SMILES string of the molecule is C/C=C/C1CCC(c2ccc(-c3ccc(-c4ccc(CCCCCC)c(F)c4F)cc3)c(F)c2)CO1. The minimum Gasteiger partial charge on any atom is -0.374 e. The molecule has 0 spiro atoms. The van der Waals surface area contributed by atoms with Gasteiger partial charge in [0.1, 0.15) is 5.82 Å². The van der Waals surface area contributed by atoms with Crippen LogP contribution in [0.2, 0.25) is 0 Å². The third-order valence-corrected chi connectivity index (χ3v) is 7.15. The van der Waals surface area contributed by atoms with Crippen molar-refractivity contribution in [3.63, 3.8) is 0 Å². The van der Waals surface area contributed by atoms with E-state index in [1.165, 1.54) is 0 Å². The number of ether oxygens (including phenoxy) is 1. The number of unbranched alkanes of at least 4 members (excludes halogenated alkanes) is 3. The molecule has 190 valence electrons. The van der Waals surface area contributed by atoms with Gasteiger partial charge < -0.3 is 4.74 Å². The number of hydrogen-bond acceptors (Lipinski definition) is 1. The third kappa shape index (κ3) is 6.10. The van der Waals surface area contributed by atoms with Gasteiger partial charge in [-0.2, -0.15) is 0 Å². The smallest absolute Gasteiger partial charge is 0.166 e. The van der Waals surface area contributed by atoms with Crippen LogP contribution in [0.15, 0.2) is 66.7 Å². The van der Waals surface area contributed by atoms with Crippen molar-refractivity contribution in [3.05, 3.63) is 95.3 Å². The maximum absolute atomic E-state index is 15.1. The fourth-order valence-electron chi connectivity index (χ4n) is 5.00. The van der Waals surface area contributed by atoms with Gasteiger partial charge in [-0.05, 0) is 60.9 Å². The van der Waals surface area contributed by atoms with E-state index in [1.54, 1.807) is 48.5 Å². The Balaban J connectivity index is 1.46. The van der Waals surface area contributed by atoms with Crippen molar-refractivity contribution in [1.29, 1.82) is 0 Å². The van der Waals surface area contributed by atoms with Crippen molar-refractivity contribution in [3.8, 4) is 22.3 Å². The summed E-state index contributed by atoms with van der Waals surface area (Å²) in [4.78, 5) is 0. The molecule has 0 radical (unpaired) electrons. The van der Waals surface area contributed by atoms with E-state index >= 15 is 4.39 Å². The first-order chi connectivity index (χ1) is 17.5. The maximum atomic E-state index is 15.1. The zero-order valence-corrected chi connectivity index (χ0v) is 21.2. The van der Waals surface area contributed by atoms with Crippen molar-refractivity contribution in [1.82, 2.24) is 0 Å². The lowest BCUT2D eigenvalue weighted by molar-refractivity contribution is 0.0326. The predicted octanol–water partition coefficient (Wildman–Crippen LogP) is 9.40. The van der Waals surface area contributed by atoms with E-state index in [0.29, 0.717) is 35.3 Å². The van der Waals surface area contributed by atoms with Gasteiger partial charge in [0.2, 0.25) is 0 Å². The number of hydrogen-bond donors (Lipinski definition) is 0. The van der Waals surface area contributed by atoms with Gasteiger partial charge in [0.05, 0.1) is 12.7 Å². The standard InChI is InChI=1S/C32H35F3O/c1-3-5-6-7-9-24-15-19-29(32(35)31(24)34)23-12-10-22(11-13-23)28-18-16-25(20-30(28)33)26-14-17-27(8-4-2)36-21-26/h4,8,10-13,15-16,18-20,26-27H,3,5-7,9,14,17,21H2,1-2H3/b8-4+. The van der Waals surface area contributed by atoms with Crippen LogP contribution < -0.4 is 0 Å². The number of allylic oxidation sites excluding steroid dienone is 1. The largest absolute Gasteiger partial charge is 0.374 e. The summed E-state index contributed by atoms with van der Waals surface area (Å²) >= 11 is 0. The summed E-state index contributed by atoms with van der Waals surface area (Å²) in [5, 5.41) is 0. The average molecular weight is 493 g/mol. The quantitative estimate of drug-likeness (QED) is 0.213. The van der Waals surface area contributed by atoms with Crippen LogP contribution in [0.3, 0.4) is 0 Å². The van der Waals surface area contributed by atoms with E-state index in [1.807, 2.05) is 19.1 Å². The molecule has 0 N–H and O–H groups in total. The van der Waals surface area contributed by atoms with E-state index in [2.05, 4.69) is 13.0 Å². The summed E-state index contributed by atoms with van der Waals surface area (Å²) in [6, 6.07) is 15.6. The van der Waals surface area contributed by atoms with Crippen LogP contribution >= 0.6 is 0 Å². The molecule has 1 aliphatic rings. The van der Waals surface area contributed by atoms with Crippen LogP contribution in [-0.2, 0) is 11.2 Å². The molecule has 3 aromatic carbocycles. The lowest BCUT2D eigenvalue weighted by Gasteiger charge is -2.28. The van der Waals surface area contributed by atoms with Gasteiger partial charge in [0.25, 0.3) is 0 Å². The van der Waals surface area contributed by atoms with Crippen LogP contribution in [-0.4, -0.2) is 12.7 Å². The summed E-state index contributed by atoms with van der Waals surface area (Å²) in [5.41, 5.74) is 3.35. The molecular weight excluding hydrogens is 457 g/mol. The van der Waals surface area contributed by atoms with Crippen LogP contribution in [0.1, 0.15) is 69.4 Å². The Hall–Kier alpha value is -2.85. The topological polar surface area (TPSA) is 9.23 Å².